The van der Waals surface area contributed by atoms with Gasteiger partial charge in [-0.25, -0.2) is 17.8 Å². The standard InChI is InChI=1S/C16H18FN3O3S2/c1-10-11(2)24-16(18-10)19-15(21)14-4-3-9-20(14)25(22,23)13-7-5-12(17)6-8-13/h5-8,14H,3-4,9H2,1-2H3,(H,18,19,21). The maximum Gasteiger partial charge on any atom is 0.244 e. The first-order valence-electron chi connectivity index (χ1n) is 7.81. The zero-order valence-electron chi connectivity index (χ0n) is 13.8. The summed E-state index contributed by atoms with van der Waals surface area (Å²) in [5.74, 6) is -0.902. The Morgan fingerprint density at radius 1 is 1.32 bits per heavy atom. The molecule has 0 radical (unpaired) electrons. The molecule has 1 saturated heterocycles. The number of carbonyl (C=O) groups excluding carboxylic acids is 1. The molecule has 9 heteroatoms. The third kappa shape index (κ3) is 3.58. The fourth-order valence-corrected chi connectivity index (χ4v) is 5.22. The second-order valence-corrected chi connectivity index (χ2v) is 8.97. The fourth-order valence-electron chi connectivity index (χ4n) is 2.75. The number of rotatable bonds is 4. The van der Waals surface area contributed by atoms with Crippen LogP contribution in [0.2, 0.25) is 0 Å². The molecule has 1 atom stereocenters. The van der Waals surface area contributed by atoms with Gasteiger partial charge in [0, 0.05) is 11.4 Å². The Hall–Kier alpha value is -1.84. The van der Waals surface area contributed by atoms with E-state index in [9.17, 15) is 17.6 Å². The molecule has 6 nitrogen and oxygen atoms in total. The number of hydrogen-bond donors (Lipinski definition) is 1. The number of aryl methyl sites for hydroxylation is 2. The summed E-state index contributed by atoms with van der Waals surface area (Å²) in [5.41, 5.74) is 0.836. The van der Waals surface area contributed by atoms with Crippen molar-refractivity contribution < 1.29 is 17.6 Å². The molecule has 1 aliphatic rings. The Bertz CT molecular complexity index is 874. The van der Waals surface area contributed by atoms with E-state index in [-0.39, 0.29) is 11.4 Å². The zero-order chi connectivity index (χ0) is 18.2. The Labute approximate surface area is 149 Å². The molecule has 1 aliphatic heterocycles. The van der Waals surface area contributed by atoms with Crippen molar-refractivity contribution in [2.24, 2.45) is 0 Å². The molecule has 0 aliphatic carbocycles. The van der Waals surface area contributed by atoms with Gasteiger partial charge in [0.15, 0.2) is 5.13 Å². The summed E-state index contributed by atoms with van der Waals surface area (Å²) < 4.78 is 39.8. The lowest BCUT2D eigenvalue weighted by Crippen LogP contribution is -2.43. The molecule has 25 heavy (non-hydrogen) atoms. The number of aromatic nitrogens is 1. The van der Waals surface area contributed by atoms with E-state index < -0.39 is 27.8 Å². The first-order chi connectivity index (χ1) is 11.8. The quantitative estimate of drug-likeness (QED) is 0.880. The minimum absolute atomic E-state index is 0.0189. The third-order valence-corrected chi connectivity index (χ3v) is 7.10. The third-order valence-electron chi connectivity index (χ3n) is 4.19. The maximum absolute atomic E-state index is 13.1. The number of nitrogens with zero attached hydrogens (tertiary/aromatic N) is 2. The molecule has 0 bridgehead atoms. The summed E-state index contributed by atoms with van der Waals surface area (Å²) >= 11 is 1.36. The van der Waals surface area contributed by atoms with Gasteiger partial charge >= 0.3 is 0 Å². The number of anilines is 1. The second kappa shape index (κ2) is 6.81. The maximum atomic E-state index is 13.1. The molecule has 0 spiro atoms. The highest BCUT2D eigenvalue weighted by Gasteiger charge is 2.39. The number of halogens is 1. The number of sulfonamides is 1. The predicted octanol–water partition coefficient (Wildman–Crippen LogP) is 2.69. The fraction of sp³-hybridized carbons (Fsp3) is 0.375. The van der Waals surface area contributed by atoms with Crippen LogP contribution in [0.4, 0.5) is 9.52 Å². The SMILES string of the molecule is Cc1nc(NC(=O)C2CCCN2S(=O)(=O)c2ccc(F)cc2)sc1C. The van der Waals surface area contributed by atoms with E-state index in [0.29, 0.717) is 18.0 Å². The van der Waals surface area contributed by atoms with Gasteiger partial charge in [-0.05, 0) is 51.0 Å². The van der Waals surface area contributed by atoms with Crippen LogP contribution in [0.1, 0.15) is 23.4 Å². The number of nitrogens with one attached hydrogen (secondary N) is 1. The summed E-state index contributed by atoms with van der Waals surface area (Å²) in [6.45, 7) is 4.01. The van der Waals surface area contributed by atoms with Crippen LogP contribution >= 0.6 is 11.3 Å². The summed E-state index contributed by atoms with van der Waals surface area (Å²) in [6.07, 6.45) is 1.03. The lowest BCUT2D eigenvalue weighted by atomic mass is 10.2. The molecule has 1 amide bonds. The predicted molar refractivity (Wildman–Crippen MR) is 93.5 cm³/mol. The topological polar surface area (TPSA) is 79.4 Å². The number of thiazole rings is 1. The number of amides is 1. The molecule has 1 fully saturated rings. The van der Waals surface area contributed by atoms with Crippen molar-refractivity contribution in [3.8, 4) is 0 Å². The molecule has 0 saturated carbocycles. The Morgan fingerprint density at radius 2 is 2.00 bits per heavy atom. The molecule has 1 N–H and O–H groups in total. The van der Waals surface area contributed by atoms with Crippen LogP contribution in [0.15, 0.2) is 29.2 Å². The van der Waals surface area contributed by atoms with E-state index in [0.717, 1.165) is 22.7 Å². The van der Waals surface area contributed by atoms with E-state index in [1.807, 2.05) is 13.8 Å². The highest BCUT2D eigenvalue weighted by molar-refractivity contribution is 7.89. The van der Waals surface area contributed by atoms with Gasteiger partial charge in [-0.15, -0.1) is 11.3 Å². The lowest BCUT2D eigenvalue weighted by molar-refractivity contribution is -0.119. The van der Waals surface area contributed by atoms with Gasteiger partial charge < -0.3 is 5.32 Å². The van der Waals surface area contributed by atoms with Crippen LogP contribution in [0, 0.1) is 19.7 Å². The zero-order valence-corrected chi connectivity index (χ0v) is 15.5. The van der Waals surface area contributed by atoms with Crippen LogP contribution < -0.4 is 5.32 Å². The summed E-state index contributed by atoms with van der Waals surface area (Å²) in [4.78, 5) is 17.8. The molecular formula is C16H18FN3O3S2. The van der Waals surface area contributed by atoms with Gasteiger partial charge in [0.25, 0.3) is 0 Å². The van der Waals surface area contributed by atoms with Crippen LogP contribution in [-0.4, -0.2) is 36.2 Å². The van der Waals surface area contributed by atoms with E-state index >= 15 is 0 Å². The molecule has 1 aromatic heterocycles. The van der Waals surface area contributed by atoms with Gasteiger partial charge in [-0.2, -0.15) is 4.31 Å². The van der Waals surface area contributed by atoms with Gasteiger partial charge in [0.05, 0.1) is 10.6 Å². The number of carbonyl (C=O) groups is 1. The Morgan fingerprint density at radius 3 is 2.60 bits per heavy atom. The summed E-state index contributed by atoms with van der Waals surface area (Å²) in [5, 5.41) is 3.17. The van der Waals surface area contributed by atoms with Crippen LogP contribution in [0.5, 0.6) is 0 Å². The molecule has 134 valence electrons. The monoisotopic (exact) mass is 383 g/mol. The number of hydrogen-bond acceptors (Lipinski definition) is 5. The average Bonchev–Trinajstić information content (AvgIpc) is 3.15. The smallest absolute Gasteiger partial charge is 0.244 e. The Kier molecular flexibility index (Phi) is 4.90. The summed E-state index contributed by atoms with van der Waals surface area (Å²) in [6, 6.07) is 3.83. The van der Waals surface area contributed by atoms with E-state index in [1.54, 1.807) is 0 Å². The second-order valence-electron chi connectivity index (χ2n) is 5.88. The normalized spacial score (nSPS) is 18.4. The molecule has 1 unspecified atom stereocenters. The minimum atomic E-state index is -3.86. The van der Waals surface area contributed by atoms with Crippen LogP contribution in [0.3, 0.4) is 0 Å². The van der Waals surface area contributed by atoms with Gasteiger partial charge in [0.1, 0.15) is 11.9 Å². The van der Waals surface area contributed by atoms with Gasteiger partial charge in [-0.3, -0.25) is 4.79 Å². The Balaban J connectivity index is 1.81. The largest absolute Gasteiger partial charge is 0.301 e. The number of benzene rings is 1. The van der Waals surface area contributed by atoms with Crippen molar-refractivity contribution in [3.05, 3.63) is 40.7 Å². The van der Waals surface area contributed by atoms with Crippen molar-refractivity contribution in [3.63, 3.8) is 0 Å². The van der Waals surface area contributed by atoms with E-state index in [2.05, 4.69) is 10.3 Å². The van der Waals surface area contributed by atoms with E-state index in [1.165, 1.54) is 27.8 Å². The minimum Gasteiger partial charge on any atom is -0.301 e. The van der Waals surface area contributed by atoms with E-state index in [4.69, 9.17) is 0 Å². The molecule has 1 aromatic carbocycles. The highest BCUT2D eigenvalue weighted by Crippen LogP contribution is 2.28. The summed E-state index contributed by atoms with van der Waals surface area (Å²) in [7, 11) is -3.86. The van der Waals surface area contributed by atoms with Crippen LogP contribution in [0.25, 0.3) is 0 Å². The first-order valence-corrected chi connectivity index (χ1v) is 10.1. The lowest BCUT2D eigenvalue weighted by Gasteiger charge is -2.23. The van der Waals surface area contributed by atoms with Gasteiger partial charge in [-0.1, -0.05) is 0 Å². The van der Waals surface area contributed by atoms with Gasteiger partial charge in [0.2, 0.25) is 15.9 Å². The molecular weight excluding hydrogens is 365 g/mol. The molecule has 2 heterocycles. The van der Waals surface area contributed by atoms with Crippen molar-refractivity contribution >= 4 is 32.4 Å². The van der Waals surface area contributed by atoms with Crippen molar-refractivity contribution in [1.29, 1.82) is 0 Å². The average molecular weight is 383 g/mol. The van der Waals surface area contributed by atoms with Crippen molar-refractivity contribution in [2.75, 3.05) is 11.9 Å². The highest BCUT2D eigenvalue weighted by atomic mass is 32.2. The molecule has 2 aromatic rings. The molecule has 3 rings (SSSR count). The van der Waals surface area contributed by atoms with Crippen molar-refractivity contribution in [2.45, 2.75) is 37.6 Å². The van der Waals surface area contributed by atoms with Crippen molar-refractivity contribution in [1.82, 2.24) is 9.29 Å². The first kappa shape index (κ1) is 18.0. The van der Waals surface area contributed by atoms with Crippen LogP contribution in [-0.2, 0) is 14.8 Å².